The van der Waals surface area contributed by atoms with Crippen molar-refractivity contribution < 1.29 is 9.59 Å². The predicted molar refractivity (Wildman–Crippen MR) is 114 cm³/mol. The van der Waals surface area contributed by atoms with Gasteiger partial charge in [-0.3, -0.25) is 9.59 Å². The van der Waals surface area contributed by atoms with Crippen molar-refractivity contribution in [2.24, 2.45) is 0 Å². The molecule has 0 radical (unpaired) electrons. The first kappa shape index (κ1) is 20.1. The van der Waals surface area contributed by atoms with Crippen molar-refractivity contribution in [1.82, 2.24) is 4.90 Å². The third kappa shape index (κ3) is 5.00. The highest BCUT2D eigenvalue weighted by atomic mass is 16.2. The van der Waals surface area contributed by atoms with E-state index >= 15 is 0 Å². The van der Waals surface area contributed by atoms with E-state index in [4.69, 9.17) is 0 Å². The topological polar surface area (TPSA) is 49.4 Å². The van der Waals surface area contributed by atoms with Crippen LogP contribution in [0.1, 0.15) is 61.5 Å². The molecule has 28 heavy (non-hydrogen) atoms. The van der Waals surface area contributed by atoms with E-state index in [0.29, 0.717) is 24.1 Å². The number of hydrogen-bond donors (Lipinski definition) is 1. The van der Waals surface area contributed by atoms with Crippen LogP contribution in [-0.2, 0) is 16.6 Å². The zero-order valence-electron chi connectivity index (χ0n) is 17.1. The zero-order chi connectivity index (χ0) is 20.1. The van der Waals surface area contributed by atoms with Crippen LogP contribution in [0.2, 0.25) is 0 Å². The quantitative estimate of drug-likeness (QED) is 0.813. The molecule has 2 aromatic carbocycles. The summed E-state index contributed by atoms with van der Waals surface area (Å²) in [5.41, 5.74) is 3.74. The Bertz CT molecular complexity index is 828. The van der Waals surface area contributed by atoms with Gasteiger partial charge in [-0.05, 0) is 47.9 Å². The van der Waals surface area contributed by atoms with E-state index in [1.807, 2.05) is 17.0 Å². The Labute approximate surface area is 167 Å². The van der Waals surface area contributed by atoms with Crippen LogP contribution in [0.15, 0.2) is 48.5 Å². The molecule has 1 fully saturated rings. The van der Waals surface area contributed by atoms with Gasteiger partial charge in [0.2, 0.25) is 5.91 Å². The molecule has 3 rings (SSSR count). The van der Waals surface area contributed by atoms with Crippen LogP contribution < -0.4 is 5.32 Å². The summed E-state index contributed by atoms with van der Waals surface area (Å²) >= 11 is 0. The number of amides is 2. The normalized spacial score (nSPS) is 14.2. The second-order valence-corrected chi connectivity index (χ2v) is 8.54. The molecule has 0 bridgehead atoms. The Hall–Kier alpha value is -2.62. The highest BCUT2D eigenvalue weighted by molar-refractivity contribution is 6.03. The first-order valence-corrected chi connectivity index (χ1v) is 10.1. The molecule has 2 amide bonds. The molecule has 1 N–H and O–H groups in total. The average molecular weight is 379 g/mol. The van der Waals surface area contributed by atoms with Crippen LogP contribution in [0.4, 0.5) is 5.69 Å². The molecule has 0 aromatic heterocycles. The molecule has 1 heterocycles. The molecule has 0 aliphatic carbocycles. The standard InChI is InChI=1S/C24H30N2O2/c1-24(2,3)19-13-10-18(11-14-19)12-15-22(27)25-21-9-5-4-8-20(21)23(28)26-16-6-7-17-26/h4-5,8-11,13-14H,6-7,12,15-17H2,1-3H3,(H,25,27). The molecular formula is C24H30N2O2. The number of nitrogens with zero attached hydrogens (tertiary/aromatic N) is 1. The Morgan fingerprint density at radius 3 is 2.25 bits per heavy atom. The maximum absolute atomic E-state index is 12.7. The number of carbonyl (C=O) groups is 2. The molecule has 4 nitrogen and oxygen atoms in total. The van der Waals surface area contributed by atoms with Gasteiger partial charge in [0.1, 0.15) is 0 Å². The molecule has 4 heteroatoms. The van der Waals surface area contributed by atoms with Crippen molar-refractivity contribution >= 4 is 17.5 Å². The molecule has 148 valence electrons. The molecule has 2 aromatic rings. The van der Waals surface area contributed by atoms with E-state index < -0.39 is 0 Å². The first-order valence-electron chi connectivity index (χ1n) is 10.1. The summed E-state index contributed by atoms with van der Waals surface area (Å²) in [6.45, 7) is 8.17. The number of para-hydroxylation sites is 1. The minimum Gasteiger partial charge on any atom is -0.339 e. The highest BCUT2D eigenvalue weighted by Gasteiger charge is 2.22. The monoisotopic (exact) mass is 378 g/mol. The second-order valence-electron chi connectivity index (χ2n) is 8.54. The number of benzene rings is 2. The summed E-state index contributed by atoms with van der Waals surface area (Å²) in [5.74, 6) is -0.0623. The van der Waals surface area contributed by atoms with Crippen LogP contribution in [0, 0.1) is 0 Å². The molecule has 1 aliphatic rings. The lowest BCUT2D eigenvalue weighted by molar-refractivity contribution is -0.116. The molecule has 0 unspecified atom stereocenters. The van der Waals surface area contributed by atoms with Gasteiger partial charge in [0.15, 0.2) is 0 Å². The molecular weight excluding hydrogens is 348 g/mol. The van der Waals surface area contributed by atoms with Crippen LogP contribution >= 0.6 is 0 Å². The van der Waals surface area contributed by atoms with Crippen LogP contribution in [0.3, 0.4) is 0 Å². The molecule has 1 aliphatic heterocycles. The number of hydrogen-bond acceptors (Lipinski definition) is 2. The van der Waals surface area contributed by atoms with E-state index in [2.05, 4.69) is 50.4 Å². The van der Waals surface area contributed by atoms with Gasteiger partial charge in [-0.2, -0.15) is 0 Å². The Balaban J connectivity index is 1.60. The van der Waals surface area contributed by atoms with Crippen molar-refractivity contribution in [2.75, 3.05) is 18.4 Å². The maximum Gasteiger partial charge on any atom is 0.255 e. The summed E-state index contributed by atoms with van der Waals surface area (Å²) in [6, 6.07) is 15.8. The van der Waals surface area contributed by atoms with Gasteiger partial charge < -0.3 is 10.2 Å². The van der Waals surface area contributed by atoms with Gasteiger partial charge in [-0.15, -0.1) is 0 Å². The molecule has 1 saturated heterocycles. The van der Waals surface area contributed by atoms with Gasteiger partial charge >= 0.3 is 0 Å². The van der Waals surface area contributed by atoms with Crippen molar-refractivity contribution in [3.05, 3.63) is 65.2 Å². The average Bonchev–Trinajstić information content (AvgIpc) is 3.21. The third-order valence-corrected chi connectivity index (χ3v) is 5.29. The predicted octanol–water partition coefficient (Wildman–Crippen LogP) is 4.79. The fraction of sp³-hybridized carbons (Fsp3) is 0.417. The largest absolute Gasteiger partial charge is 0.339 e. The lowest BCUT2D eigenvalue weighted by atomic mass is 9.86. The number of anilines is 1. The first-order chi connectivity index (χ1) is 13.3. The summed E-state index contributed by atoms with van der Waals surface area (Å²) in [4.78, 5) is 27.1. The SMILES string of the molecule is CC(C)(C)c1ccc(CCC(=O)Nc2ccccc2C(=O)N2CCCC2)cc1. The van der Waals surface area contributed by atoms with E-state index in [1.165, 1.54) is 5.56 Å². The Morgan fingerprint density at radius 1 is 0.964 bits per heavy atom. The fourth-order valence-electron chi connectivity index (χ4n) is 3.51. The third-order valence-electron chi connectivity index (χ3n) is 5.29. The van der Waals surface area contributed by atoms with Crippen LogP contribution in [0.5, 0.6) is 0 Å². The van der Waals surface area contributed by atoms with E-state index in [0.717, 1.165) is 31.5 Å². The Kier molecular flexibility index (Phi) is 6.18. The summed E-state index contributed by atoms with van der Waals surface area (Å²) < 4.78 is 0. The number of nitrogens with one attached hydrogen (secondary N) is 1. The number of likely N-dealkylation sites (tertiary alicyclic amines) is 1. The number of carbonyl (C=O) groups excluding carboxylic acids is 2. The van der Waals surface area contributed by atoms with Crippen molar-refractivity contribution in [3.63, 3.8) is 0 Å². The zero-order valence-corrected chi connectivity index (χ0v) is 17.1. The maximum atomic E-state index is 12.7. The van der Waals surface area contributed by atoms with Crippen LogP contribution in [-0.4, -0.2) is 29.8 Å². The number of aryl methyl sites for hydroxylation is 1. The van der Waals surface area contributed by atoms with Gasteiger partial charge in [0.25, 0.3) is 5.91 Å². The van der Waals surface area contributed by atoms with E-state index in [9.17, 15) is 9.59 Å². The minimum absolute atomic E-state index is 0.00571. The van der Waals surface area contributed by atoms with Gasteiger partial charge in [0, 0.05) is 19.5 Å². The molecule has 0 spiro atoms. The molecule has 0 atom stereocenters. The lowest BCUT2D eigenvalue weighted by Crippen LogP contribution is -2.28. The van der Waals surface area contributed by atoms with E-state index in [1.54, 1.807) is 12.1 Å². The smallest absolute Gasteiger partial charge is 0.255 e. The Morgan fingerprint density at radius 2 is 1.61 bits per heavy atom. The van der Waals surface area contributed by atoms with Crippen molar-refractivity contribution in [1.29, 1.82) is 0 Å². The lowest BCUT2D eigenvalue weighted by Gasteiger charge is -2.19. The fourth-order valence-corrected chi connectivity index (χ4v) is 3.51. The van der Waals surface area contributed by atoms with Gasteiger partial charge in [-0.25, -0.2) is 0 Å². The van der Waals surface area contributed by atoms with Crippen molar-refractivity contribution in [3.8, 4) is 0 Å². The minimum atomic E-state index is -0.0680. The number of rotatable bonds is 5. The second kappa shape index (κ2) is 8.59. The van der Waals surface area contributed by atoms with Gasteiger partial charge in [0.05, 0.1) is 11.3 Å². The molecule has 0 saturated carbocycles. The highest BCUT2D eigenvalue weighted by Crippen LogP contribution is 2.23. The summed E-state index contributed by atoms with van der Waals surface area (Å²) in [5, 5.41) is 2.93. The van der Waals surface area contributed by atoms with E-state index in [-0.39, 0.29) is 17.2 Å². The van der Waals surface area contributed by atoms with Crippen molar-refractivity contribution in [2.45, 2.75) is 51.9 Å². The summed E-state index contributed by atoms with van der Waals surface area (Å²) in [7, 11) is 0. The van der Waals surface area contributed by atoms with Gasteiger partial charge in [-0.1, -0.05) is 57.2 Å². The summed E-state index contributed by atoms with van der Waals surface area (Å²) in [6.07, 6.45) is 3.17. The van der Waals surface area contributed by atoms with Crippen LogP contribution in [0.25, 0.3) is 0 Å².